The van der Waals surface area contributed by atoms with Crippen LogP contribution in [0.4, 0.5) is 0 Å². The fourth-order valence-corrected chi connectivity index (χ4v) is 3.33. The Labute approximate surface area is 152 Å². The van der Waals surface area contributed by atoms with Crippen LogP contribution in [0.25, 0.3) is 5.88 Å². The van der Waals surface area contributed by atoms with E-state index >= 15 is 0 Å². The number of carbonyl (C=O) groups excluding carboxylic acids is 2. The molecule has 0 bridgehead atoms. The molecule has 1 saturated carbocycles. The van der Waals surface area contributed by atoms with E-state index in [0.29, 0.717) is 11.6 Å². The smallest absolute Gasteiger partial charge is 0.256 e. The lowest BCUT2D eigenvalue weighted by Gasteiger charge is -2.22. The molecule has 2 aromatic rings. The first-order chi connectivity index (χ1) is 12.6. The van der Waals surface area contributed by atoms with Crippen LogP contribution in [0.3, 0.4) is 0 Å². The van der Waals surface area contributed by atoms with Gasteiger partial charge in [-0.3, -0.25) is 14.2 Å². The van der Waals surface area contributed by atoms with Gasteiger partial charge in [0.15, 0.2) is 0 Å². The van der Waals surface area contributed by atoms with Crippen molar-refractivity contribution in [3.8, 4) is 12.0 Å². The molecule has 136 valence electrons. The Morgan fingerprint density at radius 2 is 1.96 bits per heavy atom. The molecule has 0 radical (unpaired) electrons. The molecule has 7 nitrogen and oxygen atoms in total. The van der Waals surface area contributed by atoms with Gasteiger partial charge in [-0.05, 0) is 31.9 Å². The van der Waals surface area contributed by atoms with Crippen molar-refractivity contribution in [2.24, 2.45) is 0 Å². The van der Waals surface area contributed by atoms with Gasteiger partial charge in [-0.25, -0.2) is 0 Å². The number of nitrogens with zero attached hydrogens (tertiary/aromatic N) is 2. The molecule has 2 heterocycles. The molecular weight excluding hydrogens is 332 g/mol. The number of aromatic nitrogens is 1. The van der Waals surface area contributed by atoms with Crippen LogP contribution >= 0.6 is 0 Å². The average Bonchev–Trinajstić information content (AvgIpc) is 3.27. The van der Waals surface area contributed by atoms with Crippen LogP contribution in [0.2, 0.25) is 0 Å². The molecule has 0 atom stereocenters. The van der Waals surface area contributed by atoms with Crippen molar-refractivity contribution in [2.75, 3.05) is 6.54 Å². The van der Waals surface area contributed by atoms with E-state index in [1.165, 1.54) is 6.42 Å². The third kappa shape index (κ3) is 3.80. The van der Waals surface area contributed by atoms with Crippen molar-refractivity contribution in [1.82, 2.24) is 15.2 Å². The summed E-state index contributed by atoms with van der Waals surface area (Å²) >= 11 is 0. The predicted octanol–water partition coefficient (Wildman–Crippen LogP) is 2.43. The Bertz CT molecular complexity index is 824. The summed E-state index contributed by atoms with van der Waals surface area (Å²) in [6.07, 6.45) is 8.90. The lowest BCUT2D eigenvalue weighted by molar-refractivity contribution is -0.121. The first kappa shape index (κ1) is 17.8. The lowest BCUT2D eigenvalue weighted by atomic mass is 9.95. The molecular formula is C19H22N4O3. The first-order valence-electron chi connectivity index (χ1n) is 8.84. The van der Waals surface area contributed by atoms with Gasteiger partial charge in [0.05, 0.1) is 6.54 Å². The third-order valence-corrected chi connectivity index (χ3v) is 4.62. The number of furan rings is 1. The van der Waals surface area contributed by atoms with E-state index in [1.807, 2.05) is 6.07 Å². The summed E-state index contributed by atoms with van der Waals surface area (Å²) in [5.41, 5.74) is 0.325. The van der Waals surface area contributed by atoms with Gasteiger partial charge in [0, 0.05) is 18.4 Å². The van der Waals surface area contributed by atoms with Gasteiger partial charge in [0.25, 0.3) is 5.91 Å². The van der Waals surface area contributed by atoms with Gasteiger partial charge in [0.1, 0.15) is 23.0 Å². The van der Waals surface area contributed by atoms with E-state index in [9.17, 15) is 14.9 Å². The number of hydrogen-bond acceptors (Lipinski definition) is 4. The van der Waals surface area contributed by atoms with Crippen LogP contribution in [-0.4, -0.2) is 29.0 Å². The highest BCUT2D eigenvalue weighted by atomic mass is 16.4. The topological polar surface area (TPSA) is 100 Å². The van der Waals surface area contributed by atoms with Crippen molar-refractivity contribution in [3.05, 3.63) is 41.4 Å². The number of carbonyl (C=O) groups is 2. The molecule has 0 spiro atoms. The zero-order chi connectivity index (χ0) is 18.5. The largest absolute Gasteiger partial charge is 0.443 e. The van der Waals surface area contributed by atoms with E-state index in [4.69, 9.17) is 4.42 Å². The Morgan fingerprint density at radius 3 is 2.62 bits per heavy atom. The molecule has 2 amide bonds. The van der Waals surface area contributed by atoms with E-state index < -0.39 is 5.91 Å². The van der Waals surface area contributed by atoms with Crippen molar-refractivity contribution in [2.45, 2.75) is 45.1 Å². The fourth-order valence-electron chi connectivity index (χ4n) is 3.33. The highest BCUT2D eigenvalue weighted by Crippen LogP contribution is 2.25. The zero-order valence-corrected chi connectivity index (χ0v) is 14.7. The summed E-state index contributed by atoms with van der Waals surface area (Å²) in [5, 5.41) is 15.0. The van der Waals surface area contributed by atoms with Crippen LogP contribution in [0.5, 0.6) is 0 Å². The molecule has 1 fully saturated rings. The van der Waals surface area contributed by atoms with E-state index in [-0.39, 0.29) is 29.6 Å². The number of rotatable bonds is 5. The maximum atomic E-state index is 12.5. The van der Waals surface area contributed by atoms with Gasteiger partial charge in [-0.2, -0.15) is 5.26 Å². The quantitative estimate of drug-likeness (QED) is 0.861. The van der Waals surface area contributed by atoms with E-state index in [0.717, 1.165) is 25.7 Å². The Hall–Kier alpha value is -3.01. The SMILES string of the molecule is Cc1oc(-n2cccc2)c(C#N)c1C(=O)NCC(=O)NC1CCCCC1. The summed E-state index contributed by atoms with van der Waals surface area (Å²) in [6, 6.07) is 5.82. The second-order valence-corrected chi connectivity index (χ2v) is 6.50. The molecule has 3 rings (SSSR count). The zero-order valence-electron chi connectivity index (χ0n) is 14.7. The highest BCUT2D eigenvalue weighted by molar-refractivity contribution is 6.00. The average molecular weight is 354 g/mol. The second-order valence-electron chi connectivity index (χ2n) is 6.50. The molecule has 1 aliphatic carbocycles. The van der Waals surface area contributed by atoms with Gasteiger partial charge in [-0.15, -0.1) is 0 Å². The maximum Gasteiger partial charge on any atom is 0.256 e. The molecule has 0 aliphatic heterocycles. The van der Waals surface area contributed by atoms with E-state index in [1.54, 1.807) is 36.0 Å². The maximum absolute atomic E-state index is 12.5. The summed E-state index contributed by atoms with van der Waals surface area (Å²) in [6.45, 7) is 1.51. The van der Waals surface area contributed by atoms with Crippen LogP contribution in [0.1, 0.15) is 53.8 Å². The standard InChI is InChI=1S/C19H22N4O3/c1-13-17(15(11-20)19(26-13)23-9-5-6-10-23)18(25)21-12-16(24)22-14-7-3-2-4-8-14/h5-6,9-10,14H,2-4,7-8,12H2,1H3,(H,21,25)(H,22,24). The summed E-state index contributed by atoms with van der Waals surface area (Å²) in [7, 11) is 0. The molecule has 2 aromatic heterocycles. The normalized spacial score (nSPS) is 14.6. The first-order valence-corrected chi connectivity index (χ1v) is 8.84. The van der Waals surface area contributed by atoms with E-state index in [2.05, 4.69) is 10.6 Å². The Balaban J connectivity index is 1.66. The molecule has 2 N–H and O–H groups in total. The highest BCUT2D eigenvalue weighted by Gasteiger charge is 2.25. The molecule has 0 unspecified atom stereocenters. The van der Waals surface area contributed by atoms with Crippen LogP contribution in [0, 0.1) is 18.3 Å². The fraction of sp³-hybridized carbons (Fsp3) is 0.421. The molecule has 7 heteroatoms. The molecule has 1 aliphatic rings. The Morgan fingerprint density at radius 1 is 1.27 bits per heavy atom. The van der Waals surface area contributed by atoms with Crippen LogP contribution in [-0.2, 0) is 4.79 Å². The number of amides is 2. The summed E-state index contributed by atoms with van der Waals surface area (Å²) < 4.78 is 7.25. The number of aryl methyl sites for hydroxylation is 1. The molecule has 26 heavy (non-hydrogen) atoms. The van der Waals surface area contributed by atoms with Crippen LogP contribution < -0.4 is 10.6 Å². The molecule has 0 aromatic carbocycles. The van der Waals surface area contributed by atoms with Crippen molar-refractivity contribution in [3.63, 3.8) is 0 Å². The minimum absolute atomic E-state index is 0.121. The number of hydrogen-bond donors (Lipinski definition) is 2. The summed E-state index contributed by atoms with van der Waals surface area (Å²) in [4.78, 5) is 24.6. The van der Waals surface area contributed by atoms with Crippen molar-refractivity contribution >= 4 is 11.8 Å². The van der Waals surface area contributed by atoms with Crippen molar-refractivity contribution in [1.29, 1.82) is 5.26 Å². The van der Waals surface area contributed by atoms with Gasteiger partial charge in [-0.1, -0.05) is 19.3 Å². The van der Waals surface area contributed by atoms with Crippen molar-refractivity contribution < 1.29 is 14.0 Å². The van der Waals surface area contributed by atoms with Gasteiger partial charge >= 0.3 is 0 Å². The minimum Gasteiger partial charge on any atom is -0.443 e. The lowest BCUT2D eigenvalue weighted by Crippen LogP contribution is -2.42. The molecule has 0 saturated heterocycles. The number of nitriles is 1. The van der Waals surface area contributed by atoms with Gasteiger partial charge < -0.3 is 15.1 Å². The third-order valence-electron chi connectivity index (χ3n) is 4.62. The minimum atomic E-state index is -0.486. The summed E-state index contributed by atoms with van der Waals surface area (Å²) in [5.74, 6) is -0.0576. The monoisotopic (exact) mass is 354 g/mol. The Kier molecular flexibility index (Phi) is 5.42. The number of nitrogens with one attached hydrogen (secondary N) is 2. The van der Waals surface area contributed by atoms with Crippen LogP contribution in [0.15, 0.2) is 28.9 Å². The second kappa shape index (κ2) is 7.91. The predicted molar refractivity (Wildman–Crippen MR) is 94.8 cm³/mol. The van der Waals surface area contributed by atoms with Gasteiger partial charge in [0.2, 0.25) is 11.8 Å².